The number of rotatable bonds is 5. The Labute approximate surface area is 177 Å². The van der Waals surface area contributed by atoms with Crippen LogP contribution in [0.5, 0.6) is 5.75 Å². The Kier molecular flexibility index (Phi) is 5.27. The number of nitrogens with zero attached hydrogens (tertiary/aromatic N) is 3. The van der Waals surface area contributed by atoms with E-state index in [4.69, 9.17) is 0 Å². The fourth-order valence-corrected chi connectivity index (χ4v) is 3.60. The molecule has 5 heteroatoms. The first kappa shape index (κ1) is 19.7. The van der Waals surface area contributed by atoms with E-state index in [0.29, 0.717) is 5.52 Å². The maximum absolute atomic E-state index is 11.1. The third-order valence-corrected chi connectivity index (χ3v) is 5.24. The lowest BCUT2D eigenvalue weighted by molar-refractivity contribution is 0.471. The van der Waals surface area contributed by atoms with Gasteiger partial charge in [0, 0.05) is 42.1 Å². The molecule has 0 bridgehead atoms. The van der Waals surface area contributed by atoms with E-state index in [9.17, 15) is 5.11 Å². The molecule has 0 spiro atoms. The number of phenols is 1. The van der Waals surface area contributed by atoms with E-state index in [0.717, 1.165) is 39.4 Å². The molecule has 5 nitrogen and oxygen atoms in total. The van der Waals surface area contributed by atoms with Gasteiger partial charge in [0.15, 0.2) is 0 Å². The maximum Gasteiger partial charge on any atom is 0.147 e. The van der Waals surface area contributed by atoms with Crippen molar-refractivity contribution in [2.45, 2.75) is 19.9 Å². The number of benzene rings is 2. The van der Waals surface area contributed by atoms with Crippen molar-refractivity contribution in [2.75, 3.05) is 24.3 Å². The lowest BCUT2D eigenvalue weighted by Gasteiger charge is -2.23. The summed E-state index contributed by atoms with van der Waals surface area (Å²) in [5, 5.41) is 15.6. The smallest absolute Gasteiger partial charge is 0.147 e. The number of anilines is 2. The second-order valence-corrected chi connectivity index (χ2v) is 7.76. The number of nitrogens with one attached hydrogen (secondary N) is 1. The summed E-state index contributed by atoms with van der Waals surface area (Å²) in [5.74, 6) is 0.950. The Hall–Kier alpha value is -3.60. The van der Waals surface area contributed by atoms with Crippen LogP contribution in [0.15, 0.2) is 66.7 Å². The third-order valence-electron chi connectivity index (χ3n) is 5.24. The summed E-state index contributed by atoms with van der Waals surface area (Å²) in [6.07, 6.45) is 0. The van der Waals surface area contributed by atoms with Crippen LogP contribution in [0.1, 0.15) is 28.6 Å². The summed E-state index contributed by atoms with van der Waals surface area (Å²) in [5.41, 5.74) is 5.33. The molecule has 0 aliphatic carbocycles. The first-order chi connectivity index (χ1) is 14.4. The molecule has 2 N–H and O–H groups in total. The molecular weight excluding hydrogens is 372 g/mol. The highest BCUT2D eigenvalue weighted by Crippen LogP contribution is 2.36. The predicted molar refractivity (Wildman–Crippen MR) is 123 cm³/mol. The van der Waals surface area contributed by atoms with Crippen LogP contribution in [0.3, 0.4) is 0 Å². The molecule has 0 saturated heterocycles. The van der Waals surface area contributed by atoms with Crippen LogP contribution in [0, 0.1) is 13.8 Å². The molecule has 0 saturated carbocycles. The Morgan fingerprint density at radius 3 is 2.23 bits per heavy atom. The average Bonchev–Trinajstić information content (AvgIpc) is 2.73. The first-order valence-corrected chi connectivity index (χ1v) is 9.99. The monoisotopic (exact) mass is 398 g/mol. The van der Waals surface area contributed by atoms with E-state index in [1.54, 1.807) is 0 Å². The SMILES string of the molecule is Cc1cccc(N[C@H](c2ccc(N(C)C)cc2)c2ccc3ccc(C)nc3c2O)n1. The lowest BCUT2D eigenvalue weighted by Crippen LogP contribution is -2.15. The number of aryl methyl sites for hydroxylation is 2. The van der Waals surface area contributed by atoms with Crippen LogP contribution >= 0.6 is 0 Å². The fourth-order valence-electron chi connectivity index (χ4n) is 3.60. The second-order valence-electron chi connectivity index (χ2n) is 7.76. The molecule has 0 amide bonds. The van der Waals surface area contributed by atoms with Gasteiger partial charge in [-0.15, -0.1) is 0 Å². The first-order valence-electron chi connectivity index (χ1n) is 9.99. The van der Waals surface area contributed by atoms with Crippen molar-refractivity contribution >= 4 is 22.4 Å². The Morgan fingerprint density at radius 1 is 0.833 bits per heavy atom. The molecule has 0 aliphatic rings. The zero-order valence-corrected chi connectivity index (χ0v) is 17.7. The van der Waals surface area contributed by atoms with Gasteiger partial charge < -0.3 is 15.3 Å². The standard InChI is InChI=1S/C25H26N4O/c1-16-6-5-7-22(26-16)28-23(18-10-13-20(14-11-18)29(3)4)21-15-12-19-9-8-17(2)27-24(19)25(21)30/h5-15,23,30H,1-4H3,(H,26,28)/t23-/m1/s1. The van der Waals surface area contributed by atoms with Crippen LogP contribution in [0.4, 0.5) is 11.5 Å². The van der Waals surface area contributed by atoms with Gasteiger partial charge in [-0.2, -0.15) is 0 Å². The number of hydrogen-bond acceptors (Lipinski definition) is 5. The van der Waals surface area contributed by atoms with Crippen molar-refractivity contribution < 1.29 is 5.11 Å². The average molecular weight is 399 g/mol. The Morgan fingerprint density at radius 2 is 1.53 bits per heavy atom. The van der Waals surface area contributed by atoms with Crippen molar-refractivity contribution in [1.82, 2.24) is 9.97 Å². The molecule has 2 aromatic carbocycles. The summed E-state index contributed by atoms with van der Waals surface area (Å²) in [7, 11) is 4.04. The topological polar surface area (TPSA) is 61.3 Å². The normalized spacial score (nSPS) is 12.0. The van der Waals surface area contributed by atoms with E-state index in [-0.39, 0.29) is 11.8 Å². The van der Waals surface area contributed by atoms with Gasteiger partial charge in [0.1, 0.15) is 17.1 Å². The highest BCUT2D eigenvalue weighted by molar-refractivity contribution is 5.86. The maximum atomic E-state index is 11.1. The lowest BCUT2D eigenvalue weighted by atomic mass is 9.95. The Bertz CT molecular complexity index is 1190. The van der Waals surface area contributed by atoms with Gasteiger partial charge >= 0.3 is 0 Å². The van der Waals surface area contributed by atoms with E-state index in [1.807, 2.05) is 70.4 Å². The van der Waals surface area contributed by atoms with Crippen molar-refractivity contribution in [1.29, 1.82) is 0 Å². The van der Waals surface area contributed by atoms with Gasteiger partial charge in [0.05, 0.1) is 6.04 Å². The molecule has 2 aromatic heterocycles. The van der Waals surface area contributed by atoms with Crippen LogP contribution < -0.4 is 10.2 Å². The Balaban J connectivity index is 1.84. The van der Waals surface area contributed by atoms with Crippen molar-refractivity contribution in [3.63, 3.8) is 0 Å². The largest absolute Gasteiger partial charge is 0.505 e. The molecule has 0 aliphatic heterocycles. The minimum absolute atomic E-state index is 0.193. The molecule has 0 unspecified atom stereocenters. The van der Waals surface area contributed by atoms with Gasteiger partial charge in [0.2, 0.25) is 0 Å². The van der Waals surface area contributed by atoms with E-state index < -0.39 is 0 Å². The van der Waals surface area contributed by atoms with Crippen LogP contribution in [-0.4, -0.2) is 29.2 Å². The summed E-state index contributed by atoms with van der Waals surface area (Å²) in [4.78, 5) is 11.2. The van der Waals surface area contributed by atoms with Crippen molar-refractivity contribution in [3.8, 4) is 5.75 Å². The van der Waals surface area contributed by atoms with Crippen molar-refractivity contribution in [2.24, 2.45) is 0 Å². The number of aromatic nitrogens is 2. The van der Waals surface area contributed by atoms with Gasteiger partial charge in [0.25, 0.3) is 0 Å². The highest BCUT2D eigenvalue weighted by Gasteiger charge is 2.21. The number of hydrogen-bond donors (Lipinski definition) is 2. The summed E-state index contributed by atoms with van der Waals surface area (Å²) in [6, 6.07) is 21.8. The molecule has 4 aromatic rings. The fraction of sp³-hybridized carbons (Fsp3) is 0.200. The molecule has 1 atom stereocenters. The van der Waals surface area contributed by atoms with Crippen LogP contribution in [0.25, 0.3) is 10.9 Å². The molecule has 152 valence electrons. The molecule has 0 radical (unpaired) electrons. The summed E-state index contributed by atoms with van der Waals surface area (Å²) >= 11 is 0. The quantitative estimate of drug-likeness (QED) is 0.483. The van der Waals surface area contributed by atoms with Crippen LogP contribution in [0.2, 0.25) is 0 Å². The zero-order valence-electron chi connectivity index (χ0n) is 17.7. The minimum atomic E-state index is -0.276. The van der Waals surface area contributed by atoms with Gasteiger partial charge in [-0.25, -0.2) is 9.97 Å². The molecule has 4 rings (SSSR count). The molecule has 0 fully saturated rings. The number of pyridine rings is 2. The third kappa shape index (κ3) is 3.92. The summed E-state index contributed by atoms with van der Waals surface area (Å²) < 4.78 is 0. The summed E-state index contributed by atoms with van der Waals surface area (Å²) in [6.45, 7) is 3.89. The molecular formula is C25H26N4O. The minimum Gasteiger partial charge on any atom is -0.505 e. The number of phenolic OH excluding ortho intramolecular Hbond substituents is 1. The van der Waals surface area contributed by atoms with Gasteiger partial charge in [-0.3, -0.25) is 0 Å². The van der Waals surface area contributed by atoms with Crippen LogP contribution in [-0.2, 0) is 0 Å². The molecule has 30 heavy (non-hydrogen) atoms. The zero-order chi connectivity index (χ0) is 21.3. The number of fused-ring (bicyclic) bond motifs is 1. The van der Waals surface area contributed by atoms with E-state index >= 15 is 0 Å². The van der Waals surface area contributed by atoms with Gasteiger partial charge in [-0.05, 0) is 49.7 Å². The second kappa shape index (κ2) is 8.03. The van der Waals surface area contributed by atoms with Gasteiger partial charge in [-0.1, -0.05) is 36.4 Å². The highest BCUT2D eigenvalue weighted by atomic mass is 16.3. The number of aromatic hydroxyl groups is 1. The molecule has 2 heterocycles. The van der Waals surface area contributed by atoms with E-state index in [1.165, 1.54) is 0 Å². The van der Waals surface area contributed by atoms with E-state index in [2.05, 4.69) is 44.5 Å². The predicted octanol–water partition coefficient (Wildman–Crippen LogP) is 5.22. The van der Waals surface area contributed by atoms with Crippen molar-refractivity contribution in [3.05, 3.63) is 89.2 Å².